The highest BCUT2D eigenvalue weighted by atomic mass is 16.5. The smallest absolute Gasteiger partial charge is 0.295 e. The molecule has 1 amide bonds. The summed E-state index contributed by atoms with van der Waals surface area (Å²) in [5.74, 6) is -0.386. The molecule has 0 saturated carbocycles. The number of hydrogen-bond donors (Lipinski definition) is 1. The third-order valence-electron chi connectivity index (χ3n) is 6.86. The number of ether oxygens (including phenoxy) is 2. The van der Waals surface area contributed by atoms with Crippen LogP contribution in [-0.2, 0) is 16.0 Å². The highest BCUT2D eigenvalue weighted by molar-refractivity contribution is 6.46. The monoisotopic (exact) mass is 513 g/mol. The van der Waals surface area contributed by atoms with Gasteiger partial charge in [-0.3, -0.25) is 9.59 Å². The van der Waals surface area contributed by atoms with E-state index < -0.39 is 17.7 Å². The SMILES string of the molecule is CCCCCOc1ccc(C2C(=C(O)c3ccc(C)cc3)C(=O)C(=O)N2CCc2ccccc2)cc1OC. The van der Waals surface area contributed by atoms with E-state index in [0.717, 1.165) is 30.4 Å². The van der Waals surface area contributed by atoms with Crippen LogP contribution in [0.5, 0.6) is 11.5 Å². The second kappa shape index (κ2) is 12.5. The first-order chi connectivity index (χ1) is 18.4. The molecule has 1 aliphatic rings. The predicted molar refractivity (Wildman–Crippen MR) is 148 cm³/mol. The number of aliphatic hydroxyl groups is 1. The highest BCUT2D eigenvalue weighted by Crippen LogP contribution is 2.42. The molecule has 1 heterocycles. The van der Waals surface area contributed by atoms with E-state index in [9.17, 15) is 14.7 Å². The molecule has 198 valence electrons. The Morgan fingerprint density at radius 1 is 0.947 bits per heavy atom. The van der Waals surface area contributed by atoms with Gasteiger partial charge in [0.25, 0.3) is 11.7 Å². The largest absolute Gasteiger partial charge is 0.507 e. The molecule has 0 spiro atoms. The summed E-state index contributed by atoms with van der Waals surface area (Å²) < 4.78 is 11.6. The molecular weight excluding hydrogens is 478 g/mol. The first-order valence-corrected chi connectivity index (χ1v) is 13.1. The van der Waals surface area contributed by atoms with Gasteiger partial charge in [-0.25, -0.2) is 0 Å². The van der Waals surface area contributed by atoms with E-state index in [0.29, 0.717) is 42.2 Å². The van der Waals surface area contributed by atoms with Crippen molar-refractivity contribution in [2.75, 3.05) is 20.3 Å². The van der Waals surface area contributed by atoms with E-state index >= 15 is 0 Å². The molecule has 0 aromatic heterocycles. The Labute approximate surface area is 224 Å². The Kier molecular flexibility index (Phi) is 8.85. The van der Waals surface area contributed by atoms with E-state index in [1.807, 2.05) is 61.5 Å². The second-order valence-electron chi connectivity index (χ2n) is 9.56. The van der Waals surface area contributed by atoms with Crippen molar-refractivity contribution in [1.82, 2.24) is 4.90 Å². The first kappa shape index (κ1) is 27.0. The number of likely N-dealkylation sites (tertiary alicyclic amines) is 1. The lowest BCUT2D eigenvalue weighted by Gasteiger charge is -2.26. The lowest BCUT2D eigenvalue weighted by Crippen LogP contribution is -2.31. The zero-order valence-electron chi connectivity index (χ0n) is 22.3. The Morgan fingerprint density at radius 3 is 2.37 bits per heavy atom. The summed E-state index contributed by atoms with van der Waals surface area (Å²) in [5.41, 5.74) is 3.32. The predicted octanol–water partition coefficient (Wildman–Crippen LogP) is 6.24. The fourth-order valence-corrected chi connectivity index (χ4v) is 4.73. The fourth-order valence-electron chi connectivity index (χ4n) is 4.73. The molecule has 6 heteroatoms. The lowest BCUT2D eigenvalue weighted by atomic mass is 9.94. The van der Waals surface area contributed by atoms with Crippen LogP contribution in [-0.4, -0.2) is 42.0 Å². The molecule has 1 aliphatic heterocycles. The number of methoxy groups -OCH3 is 1. The van der Waals surface area contributed by atoms with Gasteiger partial charge in [-0.1, -0.05) is 86.0 Å². The molecule has 3 aromatic carbocycles. The van der Waals surface area contributed by atoms with Gasteiger partial charge in [0, 0.05) is 12.1 Å². The summed E-state index contributed by atoms with van der Waals surface area (Å²) in [6.07, 6.45) is 3.69. The molecule has 1 saturated heterocycles. The molecule has 4 rings (SSSR count). The van der Waals surface area contributed by atoms with Crippen LogP contribution in [0.25, 0.3) is 5.76 Å². The number of aliphatic hydroxyl groups excluding tert-OH is 1. The zero-order valence-corrected chi connectivity index (χ0v) is 22.3. The van der Waals surface area contributed by atoms with E-state index in [1.54, 1.807) is 30.2 Å². The fraction of sp³-hybridized carbons (Fsp3) is 0.312. The van der Waals surface area contributed by atoms with Crippen LogP contribution in [0.15, 0.2) is 78.4 Å². The van der Waals surface area contributed by atoms with Crippen molar-refractivity contribution in [3.8, 4) is 11.5 Å². The summed E-state index contributed by atoms with van der Waals surface area (Å²) >= 11 is 0. The van der Waals surface area contributed by atoms with Crippen LogP contribution in [0.1, 0.15) is 54.5 Å². The van der Waals surface area contributed by atoms with Crippen molar-refractivity contribution < 1.29 is 24.2 Å². The number of nitrogens with zero attached hydrogens (tertiary/aromatic N) is 1. The molecule has 0 bridgehead atoms. The molecule has 1 unspecified atom stereocenters. The summed E-state index contributed by atoms with van der Waals surface area (Å²) in [7, 11) is 1.57. The number of Topliss-reactive ketones (excluding diaryl/α,β-unsaturated/α-hetero) is 1. The third kappa shape index (κ3) is 5.91. The van der Waals surface area contributed by atoms with Crippen molar-refractivity contribution in [2.45, 2.75) is 45.6 Å². The van der Waals surface area contributed by atoms with Gasteiger partial charge in [0.1, 0.15) is 5.76 Å². The molecule has 1 atom stereocenters. The van der Waals surface area contributed by atoms with Gasteiger partial charge in [0.05, 0.1) is 25.3 Å². The Morgan fingerprint density at radius 2 is 1.68 bits per heavy atom. The van der Waals surface area contributed by atoms with Gasteiger partial charge in [-0.15, -0.1) is 0 Å². The van der Waals surface area contributed by atoms with Crippen molar-refractivity contribution in [2.24, 2.45) is 0 Å². The summed E-state index contributed by atoms with van der Waals surface area (Å²) in [4.78, 5) is 28.2. The third-order valence-corrected chi connectivity index (χ3v) is 6.86. The molecule has 38 heavy (non-hydrogen) atoms. The van der Waals surface area contributed by atoms with Crippen LogP contribution >= 0.6 is 0 Å². The normalized spacial score (nSPS) is 16.6. The number of hydrogen-bond acceptors (Lipinski definition) is 5. The standard InChI is InChI=1S/C32H35NO5/c1-4-5-9-20-38-26-17-16-25(21-27(26)37-3)29-28(30(34)24-14-12-22(2)13-15-24)31(35)32(36)33(29)19-18-23-10-7-6-8-11-23/h6-8,10-17,21,29,34H,4-5,9,18-20H2,1-3H3. The Bertz CT molecular complexity index is 1300. The first-order valence-electron chi connectivity index (χ1n) is 13.1. The summed E-state index contributed by atoms with van der Waals surface area (Å²) in [5, 5.41) is 11.3. The van der Waals surface area contributed by atoms with Gasteiger partial charge in [-0.05, 0) is 43.0 Å². The van der Waals surface area contributed by atoms with Crippen LogP contribution in [0.3, 0.4) is 0 Å². The minimum absolute atomic E-state index is 0.0746. The quantitative estimate of drug-likeness (QED) is 0.142. The maximum atomic E-state index is 13.4. The molecule has 3 aromatic rings. The Balaban J connectivity index is 1.74. The number of carbonyl (C=O) groups excluding carboxylic acids is 2. The topological polar surface area (TPSA) is 76.1 Å². The summed E-state index contributed by atoms with van der Waals surface area (Å²) in [6.45, 7) is 4.98. The number of benzene rings is 3. The minimum Gasteiger partial charge on any atom is -0.507 e. The molecule has 0 aliphatic carbocycles. The maximum Gasteiger partial charge on any atom is 0.295 e. The number of unbranched alkanes of at least 4 members (excludes halogenated alkanes) is 2. The number of amides is 1. The molecule has 6 nitrogen and oxygen atoms in total. The molecule has 1 N–H and O–H groups in total. The van der Waals surface area contributed by atoms with Crippen molar-refractivity contribution in [3.63, 3.8) is 0 Å². The molecular formula is C32H35NO5. The van der Waals surface area contributed by atoms with Crippen molar-refractivity contribution in [3.05, 3.63) is 101 Å². The van der Waals surface area contributed by atoms with Crippen LogP contribution < -0.4 is 9.47 Å². The number of aryl methyl sites for hydroxylation is 1. The van der Waals surface area contributed by atoms with Crippen molar-refractivity contribution in [1.29, 1.82) is 0 Å². The number of ketones is 1. The van der Waals surface area contributed by atoms with E-state index in [2.05, 4.69) is 6.92 Å². The van der Waals surface area contributed by atoms with Gasteiger partial charge in [0.2, 0.25) is 0 Å². The van der Waals surface area contributed by atoms with Crippen molar-refractivity contribution >= 4 is 17.4 Å². The van der Waals surface area contributed by atoms with Crippen LogP contribution in [0.2, 0.25) is 0 Å². The van der Waals surface area contributed by atoms with Gasteiger partial charge < -0.3 is 19.5 Å². The van der Waals surface area contributed by atoms with Crippen LogP contribution in [0.4, 0.5) is 0 Å². The molecule has 1 fully saturated rings. The van der Waals surface area contributed by atoms with E-state index in [4.69, 9.17) is 9.47 Å². The minimum atomic E-state index is -0.761. The summed E-state index contributed by atoms with van der Waals surface area (Å²) in [6, 6.07) is 21.7. The Hall–Kier alpha value is -4.06. The zero-order chi connectivity index (χ0) is 27.1. The van der Waals surface area contributed by atoms with Gasteiger partial charge in [0.15, 0.2) is 11.5 Å². The lowest BCUT2D eigenvalue weighted by molar-refractivity contribution is -0.139. The molecule has 0 radical (unpaired) electrons. The number of rotatable bonds is 11. The second-order valence-corrected chi connectivity index (χ2v) is 9.56. The van der Waals surface area contributed by atoms with Crippen LogP contribution in [0, 0.1) is 6.92 Å². The maximum absolute atomic E-state index is 13.4. The average Bonchev–Trinajstić information content (AvgIpc) is 3.19. The number of carbonyl (C=O) groups is 2. The van der Waals surface area contributed by atoms with Gasteiger partial charge >= 0.3 is 0 Å². The average molecular weight is 514 g/mol. The van der Waals surface area contributed by atoms with Gasteiger partial charge in [-0.2, -0.15) is 0 Å². The van der Waals surface area contributed by atoms with E-state index in [-0.39, 0.29) is 11.3 Å². The van der Waals surface area contributed by atoms with E-state index in [1.165, 1.54) is 0 Å². The highest BCUT2D eigenvalue weighted by Gasteiger charge is 2.46.